The minimum atomic E-state index is -1.06. The zero-order chi connectivity index (χ0) is 33.0. The molecule has 240 valence electrons. The summed E-state index contributed by atoms with van der Waals surface area (Å²) in [6.07, 6.45) is -0.642. The number of fused-ring (bicyclic) bond motifs is 3. The molecule has 0 bridgehead atoms. The highest BCUT2D eigenvalue weighted by Gasteiger charge is 2.30. The van der Waals surface area contributed by atoms with Crippen LogP contribution in [-0.2, 0) is 36.9 Å². The number of carboxylic acids is 1. The van der Waals surface area contributed by atoms with Crippen LogP contribution in [0.25, 0.3) is 11.1 Å². The number of carbonyl (C=O) groups excluding carboxylic acids is 3. The molecule has 0 aliphatic heterocycles. The summed E-state index contributed by atoms with van der Waals surface area (Å²) in [7, 11) is 0. The first kappa shape index (κ1) is 34.8. The van der Waals surface area contributed by atoms with Crippen LogP contribution in [-0.4, -0.2) is 47.3 Å². The summed E-state index contributed by atoms with van der Waals surface area (Å²) in [4.78, 5) is 47.1. The number of carboxylic acid groups (broad SMARTS) is 1. The summed E-state index contributed by atoms with van der Waals surface area (Å²) in [6, 6.07) is 22.4. The monoisotopic (exact) mass is 617 g/mol. The Labute approximate surface area is 264 Å². The molecule has 1 atom stereocenters. The van der Waals surface area contributed by atoms with Gasteiger partial charge in [0.2, 0.25) is 5.91 Å². The molecule has 45 heavy (non-hydrogen) atoms. The van der Waals surface area contributed by atoms with Gasteiger partial charge in [-0.2, -0.15) is 0 Å². The lowest BCUT2D eigenvalue weighted by Gasteiger charge is -2.19. The molecule has 0 radical (unpaired) electrons. The quantitative estimate of drug-likeness (QED) is 0.212. The van der Waals surface area contributed by atoms with Crippen LogP contribution in [0.15, 0.2) is 72.8 Å². The number of rotatable bonds is 11. The van der Waals surface area contributed by atoms with Gasteiger partial charge in [0, 0.05) is 31.8 Å². The van der Waals surface area contributed by atoms with Crippen LogP contribution < -0.4 is 16.4 Å². The number of hydrogen-bond acceptors (Lipinski definition) is 7. The zero-order valence-corrected chi connectivity index (χ0v) is 26.3. The fourth-order valence-corrected chi connectivity index (χ4v) is 4.84. The molecule has 3 aromatic rings. The average Bonchev–Trinajstić information content (AvgIpc) is 3.34. The van der Waals surface area contributed by atoms with E-state index < -0.39 is 24.0 Å². The number of esters is 1. The van der Waals surface area contributed by atoms with Crippen molar-refractivity contribution in [2.45, 2.75) is 77.6 Å². The van der Waals surface area contributed by atoms with E-state index in [-0.39, 0.29) is 43.5 Å². The van der Waals surface area contributed by atoms with Gasteiger partial charge in [0.1, 0.15) is 18.2 Å². The third-order valence-electron chi connectivity index (χ3n) is 7.03. The van der Waals surface area contributed by atoms with E-state index in [2.05, 4.69) is 10.6 Å². The number of ether oxygens (including phenoxy) is 2. The van der Waals surface area contributed by atoms with Crippen LogP contribution in [0.3, 0.4) is 0 Å². The molecule has 1 aliphatic rings. The zero-order valence-electron chi connectivity index (χ0n) is 26.3. The Morgan fingerprint density at radius 3 is 1.93 bits per heavy atom. The second-order valence-electron chi connectivity index (χ2n) is 11.6. The molecule has 0 fully saturated rings. The Morgan fingerprint density at radius 2 is 1.44 bits per heavy atom. The van der Waals surface area contributed by atoms with E-state index in [0.29, 0.717) is 13.0 Å². The summed E-state index contributed by atoms with van der Waals surface area (Å²) >= 11 is 0. The highest BCUT2D eigenvalue weighted by Crippen LogP contribution is 2.44. The molecule has 0 aromatic heterocycles. The molecule has 0 unspecified atom stereocenters. The van der Waals surface area contributed by atoms with E-state index in [4.69, 9.17) is 20.3 Å². The first-order chi connectivity index (χ1) is 21.4. The molecule has 0 saturated heterocycles. The molecule has 1 aliphatic carbocycles. The molecule has 2 amide bonds. The molecular weight excluding hydrogens is 574 g/mol. The van der Waals surface area contributed by atoms with Crippen molar-refractivity contribution >= 4 is 23.9 Å². The molecule has 0 heterocycles. The van der Waals surface area contributed by atoms with Crippen LogP contribution in [0.4, 0.5) is 4.79 Å². The number of nitrogens with two attached hydrogens (primary N) is 1. The van der Waals surface area contributed by atoms with Crippen molar-refractivity contribution in [3.63, 3.8) is 0 Å². The Balaban J connectivity index is 0.000000535. The highest BCUT2D eigenvalue weighted by atomic mass is 16.6. The summed E-state index contributed by atoms with van der Waals surface area (Å²) in [6.45, 7) is 8.13. The van der Waals surface area contributed by atoms with E-state index in [0.717, 1.165) is 33.4 Å². The Bertz CT molecular complexity index is 1420. The van der Waals surface area contributed by atoms with Crippen molar-refractivity contribution in [1.29, 1.82) is 0 Å². The largest absolute Gasteiger partial charge is 0.481 e. The van der Waals surface area contributed by atoms with Crippen LogP contribution in [0, 0.1) is 0 Å². The number of nitrogens with one attached hydrogen (secondary N) is 2. The third-order valence-corrected chi connectivity index (χ3v) is 7.03. The van der Waals surface area contributed by atoms with E-state index >= 15 is 0 Å². The fourth-order valence-electron chi connectivity index (χ4n) is 4.84. The maximum atomic E-state index is 12.8. The van der Waals surface area contributed by atoms with Crippen LogP contribution in [0.5, 0.6) is 0 Å². The van der Waals surface area contributed by atoms with Crippen LogP contribution in [0.2, 0.25) is 0 Å². The summed E-state index contributed by atoms with van der Waals surface area (Å²) in [5.74, 6) is -1.79. The molecule has 0 saturated carbocycles. The molecule has 4 rings (SSSR count). The number of carbonyl (C=O) groups is 4. The fraction of sp³-hybridized carbons (Fsp3) is 0.371. The summed E-state index contributed by atoms with van der Waals surface area (Å²) in [5.41, 5.74) is 11.5. The second kappa shape index (κ2) is 16.4. The average molecular weight is 618 g/mol. The van der Waals surface area contributed by atoms with Gasteiger partial charge in [-0.15, -0.1) is 0 Å². The van der Waals surface area contributed by atoms with E-state index in [1.54, 1.807) is 6.92 Å². The lowest BCUT2D eigenvalue weighted by atomic mass is 9.98. The maximum absolute atomic E-state index is 12.8. The minimum Gasteiger partial charge on any atom is -0.481 e. The second-order valence-corrected chi connectivity index (χ2v) is 11.6. The van der Waals surface area contributed by atoms with Gasteiger partial charge < -0.3 is 30.9 Å². The van der Waals surface area contributed by atoms with Gasteiger partial charge in [-0.3, -0.25) is 14.4 Å². The molecule has 5 N–H and O–H groups in total. The molecule has 0 spiro atoms. The lowest BCUT2D eigenvalue weighted by Crippen LogP contribution is -2.47. The third kappa shape index (κ3) is 10.8. The first-order valence-electron chi connectivity index (χ1n) is 15.0. The molecule has 3 aromatic carbocycles. The van der Waals surface area contributed by atoms with Crippen molar-refractivity contribution in [3.8, 4) is 11.1 Å². The van der Waals surface area contributed by atoms with Gasteiger partial charge in [0.05, 0.1) is 0 Å². The summed E-state index contributed by atoms with van der Waals surface area (Å²) in [5, 5.41) is 14.4. The van der Waals surface area contributed by atoms with E-state index in [1.165, 1.54) is 0 Å². The molecule has 10 heteroatoms. The van der Waals surface area contributed by atoms with Crippen molar-refractivity contribution in [2.75, 3.05) is 6.61 Å². The van der Waals surface area contributed by atoms with E-state index in [9.17, 15) is 19.2 Å². The van der Waals surface area contributed by atoms with Gasteiger partial charge >= 0.3 is 18.0 Å². The van der Waals surface area contributed by atoms with Crippen molar-refractivity contribution in [1.82, 2.24) is 10.6 Å². The van der Waals surface area contributed by atoms with Gasteiger partial charge in [-0.25, -0.2) is 4.79 Å². The van der Waals surface area contributed by atoms with Gasteiger partial charge in [0.25, 0.3) is 0 Å². The van der Waals surface area contributed by atoms with Crippen molar-refractivity contribution in [3.05, 3.63) is 95.1 Å². The lowest BCUT2D eigenvalue weighted by molar-refractivity contribution is -0.154. The van der Waals surface area contributed by atoms with Crippen LogP contribution in [0.1, 0.15) is 75.1 Å². The Hall–Kier alpha value is -4.70. The van der Waals surface area contributed by atoms with Crippen molar-refractivity contribution < 1.29 is 33.8 Å². The SMILES string of the molecule is CCC(=O)OC(C)(C)C.NCc1ccc(CNC(=O)[C@H](CCC(=O)O)NC(=O)OCC2c3ccccc3-c3ccccc32)cc1. The van der Waals surface area contributed by atoms with Gasteiger partial charge in [0.15, 0.2) is 0 Å². The minimum absolute atomic E-state index is 0.0581. The van der Waals surface area contributed by atoms with Gasteiger partial charge in [-0.1, -0.05) is 79.7 Å². The number of aliphatic carboxylic acids is 1. The number of benzene rings is 3. The molecule has 10 nitrogen and oxygen atoms in total. The maximum Gasteiger partial charge on any atom is 0.407 e. The number of alkyl carbamates (subject to hydrolysis) is 1. The standard InChI is InChI=1S/C28H29N3O5.C7H14O2/c29-15-18-9-11-19(12-10-18)16-30-27(34)25(13-14-26(32)33)31-28(35)36-17-24-22-7-3-1-5-20(22)21-6-2-4-8-23(21)24;1-5-6(8)9-7(2,3)4/h1-12,24-25H,13-17,29H2,(H,30,34)(H,31,35)(H,32,33);5H2,1-4H3/t25-;/m0./s1. The van der Waals surface area contributed by atoms with Crippen molar-refractivity contribution in [2.24, 2.45) is 5.73 Å². The van der Waals surface area contributed by atoms with E-state index in [1.807, 2.05) is 93.6 Å². The smallest absolute Gasteiger partial charge is 0.407 e. The number of hydrogen-bond donors (Lipinski definition) is 4. The Morgan fingerprint density at radius 1 is 0.889 bits per heavy atom. The highest BCUT2D eigenvalue weighted by molar-refractivity contribution is 5.86. The predicted molar refractivity (Wildman–Crippen MR) is 171 cm³/mol. The molecular formula is C35H43N3O7. The normalized spacial score (nSPS) is 12.5. The Kier molecular flexibility index (Phi) is 12.7. The first-order valence-corrected chi connectivity index (χ1v) is 15.0. The van der Waals surface area contributed by atoms with Gasteiger partial charge in [-0.05, 0) is 60.6 Å². The topological polar surface area (TPSA) is 157 Å². The summed E-state index contributed by atoms with van der Waals surface area (Å²) < 4.78 is 10.5. The number of amides is 2. The van der Waals surface area contributed by atoms with Crippen LogP contribution >= 0.6 is 0 Å². The predicted octanol–water partition coefficient (Wildman–Crippen LogP) is 5.27.